The molecular weight excluding hydrogens is 274 g/mol. The van der Waals surface area contributed by atoms with Crippen LogP contribution in [-0.4, -0.2) is 55.2 Å². The smallest absolute Gasteiger partial charge is 0.151 e. The zero-order valence-corrected chi connectivity index (χ0v) is 15.0. The van der Waals surface area contributed by atoms with Crippen LogP contribution in [0.3, 0.4) is 0 Å². The summed E-state index contributed by atoms with van der Waals surface area (Å²) in [5, 5.41) is 9.91. The zero-order chi connectivity index (χ0) is 17.1. The highest BCUT2D eigenvalue weighted by Gasteiger charge is 2.30. The van der Waals surface area contributed by atoms with E-state index in [0.717, 1.165) is 25.9 Å². The standard InChI is InChI=1S/C12H25NO3S.C2H6.CH4/c1-4-17(15,16)10-9-13-7-5-11(6-8-13)12(2,3)14;1-2;/h11,14H,4-10H2,1-3H3;1-2H3;1H4/i;;1D. The van der Waals surface area contributed by atoms with E-state index in [2.05, 4.69) is 4.90 Å². The molecule has 0 atom stereocenters. The molecule has 0 spiro atoms. The molecule has 0 aromatic rings. The molecule has 0 saturated carbocycles. The summed E-state index contributed by atoms with van der Waals surface area (Å²) < 4.78 is 28.5. The van der Waals surface area contributed by atoms with E-state index in [1.54, 1.807) is 6.92 Å². The van der Waals surface area contributed by atoms with Crippen LogP contribution in [0.2, 0.25) is 0 Å². The van der Waals surface area contributed by atoms with Crippen molar-refractivity contribution in [3.05, 3.63) is 0 Å². The Morgan fingerprint density at radius 3 is 2.10 bits per heavy atom. The fraction of sp³-hybridized carbons (Fsp3) is 1.00. The predicted octanol–water partition coefficient (Wildman–Crippen LogP) is 2.57. The van der Waals surface area contributed by atoms with Crippen molar-refractivity contribution in [2.24, 2.45) is 5.92 Å². The van der Waals surface area contributed by atoms with Gasteiger partial charge in [0.1, 0.15) is 0 Å². The van der Waals surface area contributed by atoms with E-state index in [1.807, 2.05) is 27.7 Å². The number of likely N-dealkylation sites (tertiary alicyclic amines) is 1. The molecule has 5 heteroatoms. The highest BCUT2D eigenvalue weighted by atomic mass is 32.2. The Morgan fingerprint density at radius 1 is 1.30 bits per heavy atom. The Kier molecular flexibility index (Phi) is 9.68. The van der Waals surface area contributed by atoms with Crippen molar-refractivity contribution in [2.75, 3.05) is 31.1 Å². The van der Waals surface area contributed by atoms with Crippen LogP contribution in [0.4, 0.5) is 0 Å². The molecule has 0 unspecified atom stereocenters. The lowest BCUT2D eigenvalue weighted by Crippen LogP contribution is -2.43. The number of sulfone groups is 1. The minimum atomic E-state index is -2.85. The predicted molar refractivity (Wildman–Crippen MR) is 87.9 cm³/mol. The van der Waals surface area contributed by atoms with Gasteiger partial charge in [-0.05, 0) is 45.7 Å². The molecule has 0 bridgehead atoms. The van der Waals surface area contributed by atoms with Crippen molar-refractivity contribution < 1.29 is 14.9 Å². The SMILES string of the molecule is CC.CCS(=O)(=O)CCN1CCC(C(C)(C)O)CC1.[2H]C. The van der Waals surface area contributed by atoms with Gasteiger partial charge in [0.25, 0.3) is 0 Å². The molecular formula is C15H35NO3S. The average Bonchev–Trinajstić information content (AvgIpc) is 2.49. The van der Waals surface area contributed by atoms with Crippen LogP contribution in [0.25, 0.3) is 0 Å². The van der Waals surface area contributed by atoms with Crippen molar-refractivity contribution >= 4 is 9.84 Å². The van der Waals surface area contributed by atoms with Gasteiger partial charge in [-0.15, -0.1) is 0 Å². The third-order valence-corrected chi connectivity index (χ3v) is 5.43. The summed E-state index contributed by atoms with van der Waals surface area (Å²) in [4.78, 5) is 2.19. The maximum Gasteiger partial charge on any atom is 0.151 e. The summed E-state index contributed by atoms with van der Waals surface area (Å²) in [6.45, 7) is 11.8. The number of nitrogens with zero attached hydrogens (tertiary/aromatic N) is 1. The Hall–Kier alpha value is -0.130. The maximum absolute atomic E-state index is 11.4. The van der Waals surface area contributed by atoms with Crippen molar-refractivity contribution in [3.8, 4) is 0 Å². The lowest BCUT2D eigenvalue weighted by molar-refractivity contribution is -0.0117. The first-order valence-electron chi connectivity index (χ1n) is 8.40. The van der Waals surface area contributed by atoms with Crippen LogP contribution in [0.15, 0.2) is 0 Å². The van der Waals surface area contributed by atoms with Gasteiger partial charge in [-0.25, -0.2) is 8.42 Å². The molecule has 0 aromatic carbocycles. The minimum absolute atomic E-state index is 0.229. The van der Waals surface area contributed by atoms with E-state index in [-0.39, 0.29) is 11.5 Å². The van der Waals surface area contributed by atoms with Gasteiger partial charge in [0.2, 0.25) is 0 Å². The second-order valence-corrected chi connectivity index (χ2v) is 7.98. The van der Waals surface area contributed by atoms with Crippen molar-refractivity contribution in [3.63, 3.8) is 0 Å². The van der Waals surface area contributed by atoms with E-state index >= 15 is 0 Å². The molecule has 4 nitrogen and oxygen atoms in total. The Balaban J connectivity index is 0. The Bertz CT molecular complexity index is 331. The topological polar surface area (TPSA) is 57.6 Å². The normalized spacial score (nSPS) is 18.2. The number of hydrogen-bond donors (Lipinski definition) is 1. The summed E-state index contributed by atoms with van der Waals surface area (Å²) in [5.41, 5.74) is -0.610. The third-order valence-electron chi connectivity index (χ3n) is 3.74. The van der Waals surface area contributed by atoms with E-state index in [4.69, 9.17) is 1.37 Å². The second kappa shape index (κ2) is 9.74. The number of rotatable bonds is 5. The summed E-state index contributed by atoms with van der Waals surface area (Å²) in [7, 11) is -1.60. The fourth-order valence-corrected chi connectivity index (χ4v) is 3.10. The largest absolute Gasteiger partial charge is 0.390 e. The molecule has 1 N–H and O–H groups in total. The first-order chi connectivity index (χ1) is 9.74. The number of hydrogen-bond acceptors (Lipinski definition) is 4. The highest BCUT2D eigenvalue weighted by Crippen LogP contribution is 2.27. The molecule has 0 aliphatic carbocycles. The van der Waals surface area contributed by atoms with Crippen LogP contribution >= 0.6 is 0 Å². The minimum Gasteiger partial charge on any atom is -0.390 e. The summed E-state index contributed by atoms with van der Waals surface area (Å²) in [6, 6.07) is 0. The van der Waals surface area contributed by atoms with E-state index < -0.39 is 15.4 Å². The summed E-state index contributed by atoms with van der Waals surface area (Å²) in [6.07, 6.45) is 1.91. The molecule has 124 valence electrons. The fourth-order valence-electron chi connectivity index (χ4n) is 2.28. The van der Waals surface area contributed by atoms with Gasteiger partial charge >= 0.3 is 0 Å². The van der Waals surface area contributed by atoms with Crippen LogP contribution in [0.1, 0.15) is 56.2 Å². The van der Waals surface area contributed by atoms with E-state index in [0.29, 0.717) is 12.5 Å². The van der Waals surface area contributed by atoms with Gasteiger partial charge in [0.15, 0.2) is 9.84 Å². The second-order valence-electron chi connectivity index (χ2n) is 5.51. The molecule has 1 aliphatic rings. The maximum atomic E-state index is 11.4. The Labute approximate surface area is 127 Å². The van der Waals surface area contributed by atoms with Crippen molar-refractivity contribution in [1.29, 1.82) is 0 Å². The highest BCUT2D eigenvalue weighted by molar-refractivity contribution is 7.91. The molecule has 0 amide bonds. The van der Waals surface area contributed by atoms with E-state index in [1.165, 1.54) is 7.40 Å². The molecule has 0 aromatic heterocycles. The van der Waals surface area contributed by atoms with Crippen LogP contribution < -0.4 is 0 Å². The molecule has 1 heterocycles. The molecule has 1 aliphatic heterocycles. The molecule has 0 radical (unpaired) electrons. The van der Waals surface area contributed by atoms with Crippen molar-refractivity contribution in [1.82, 2.24) is 4.90 Å². The monoisotopic (exact) mass is 310 g/mol. The van der Waals surface area contributed by atoms with Gasteiger partial charge in [-0.2, -0.15) is 0 Å². The van der Waals surface area contributed by atoms with Gasteiger partial charge < -0.3 is 10.0 Å². The number of piperidine rings is 1. The number of aliphatic hydroxyl groups is 1. The van der Waals surface area contributed by atoms with Gasteiger partial charge in [-0.3, -0.25) is 0 Å². The van der Waals surface area contributed by atoms with Crippen molar-refractivity contribution in [2.45, 2.75) is 60.5 Å². The average molecular weight is 311 g/mol. The zero-order valence-electron chi connectivity index (χ0n) is 15.1. The van der Waals surface area contributed by atoms with Crippen LogP contribution in [-0.2, 0) is 9.84 Å². The first kappa shape index (κ1) is 19.9. The molecule has 1 saturated heterocycles. The molecule has 1 fully saturated rings. The third kappa shape index (κ3) is 8.22. The lowest BCUT2D eigenvalue weighted by Gasteiger charge is -2.37. The summed E-state index contributed by atoms with van der Waals surface area (Å²) >= 11 is 0. The first-order valence-corrected chi connectivity index (χ1v) is 9.22. The van der Waals surface area contributed by atoms with Gasteiger partial charge in [-0.1, -0.05) is 28.2 Å². The molecule has 20 heavy (non-hydrogen) atoms. The van der Waals surface area contributed by atoms with Crippen LogP contribution in [0, 0.1) is 5.92 Å². The van der Waals surface area contributed by atoms with Gasteiger partial charge in [0, 0.05) is 13.7 Å². The van der Waals surface area contributed by atoms with E-state index in [9.17, 15) is 13.5 Å². The Morgan fingerprint density at radius 2 is 1.75 bits per heavy atom. The molecule has 1 rings (SSSR count). The lowest BCUT2D eigenvalue weighted by atomic mass is 9.83. The van der Waals surface area contributed by atoms with Crippen LogP contribution in [0.5, 0.6) is 0 Å². The van der Waals surface area contributed by atoms with Gasteiger partial charge in [0.05, 0.1) is 11.4 Å². The quantitative estimate of drug-likeness (QED) is 0.848. The summed E-state index contributed by atoms with van der Waals surface area (Å²) in [5.74, 6) is 0.825.